The number of aromatic hydroxyl groups is 1. The van der Waals surface area contributed by atoms with Gasteiger partial charge in [-0.1, -0.05) is 77.8 Å². The number of phenols is 1. The van der Waals surface area contributed by atoms with Gasteiger partial charge in [0.25, 0.3) is 5.91 Å². The maximum atomic E-state index is 14.3. The number of fused-ring (bicyclic) bond motifs is 2. The van der Waals surface area contributed by atoms with E-state index in [9.17, 15) is 69.0 Å². The predicted molar refractivity (Wildman–Crippen MR) is 262 cm³/mol. The average molecular weight is 1020 g/mol. The molecule has 0 radical (unpaired) electrons. The summed E-state index contributed by atoms with van der Waals surface area (Å²) in [4.78, 5) is 113. The lowest BCUT2D eigenvalue weighted by Gasteiger charge is -2.33. The molecule has 13 N–H and O–H groups in total. The molecule has 22 nitrogen and oxygen atoms in total. The molecule has 0 spiro atoms. The molecular weight excluding hydrogens is 937 g/mol. The van der Waals surface area contributed by atoms with Crippen LogP contribution in [-0.4, -0.2) is 174 Å². The molecule has 1 aromatic rings. The first-order chi connectivity index (χ1) is 34.1. The molecule has 404 valence electrons. The Kier molecular flexibility index (Phi) is 23.8. The van der Waals surface area contributed by atoms with Gasteiger partial charge in [0.05, 0.1) is 30.5 Å². The zero-order valence-electron chi connectivity index (χ0n) is 42.2. The third-order valence-electron chi connectivity index (χ3n) is 14.0. The first-order valence-corrected chi connectivity index (χ1v) is 25.7. The number of hydrogen-bond acceptors (Lipinski definition) is 15. The third-order valence-corrected chi connectivity index (χ3v) is 14.0. The van der Waals surface area contributed by atoms with E-state index in [0.717, 1.165) is 54.7 Å². The van der Waals surface area contributed by atoms with Crippen molar-refractivity contribution in [1.82, 2.24) is 36.4 Å². The van der Waals surface area contributed by atoms with Crippen molar-refractivity contribution in [1.29, 1.82) is 0 Å². The molecule has 4 rings (SSSR count). The Balaban J connectivity index is 1.63. The van der Waals surface area contributed by atoms with Crippen LogP contribution in [0.4, 0.5) is 0 Å². The van der Waals surface area contributed by atoms with Gasteiger partial charge in [-0.2, -0.15) is 0 Å². The molecule has 1 aromatic carbocycles. The number of nitrogens with zero attached hydrogens (tertiary/aromatic N) is 2. The predicted octanol–water partition coefficient (Wildman–Crippen LogP) is -0.949. The zero-order valence-corrected chi connectivity index (χ0v) is 42.2. The number of carbonyl (C=O) groups is 8. The van der Waals surface area contributed by atoms with E-state index in [-0.39, 0.29) is 50.1 Å². The van der Waals surface area contributed by atoms with Crippen molar-refractivity contribution in [2.45, 2.75) is 191 Å². The Morgan fingerprint density at radius 3 is 2.06 bits per heavy atom. The minimum absolute atomic E-state index is 0.0166. The number of hydrogen-bond donors (Lipinski definition) is 12. The Morgan fingerprint density at radius 1 is 0.764 bits per heavy atom. The topological polar surface area (TPSA) is 351 Å². The van der Waals surface area contributed by atoms with Crippen molar-refractivity contribution in [2.75, 3.05) is 26.2 Å². The molecule has 0 bridgehead atoms. The molecule has 3 heterocycles. The monoisotopic (exact) mass is 1020 g/mol. The van der Waals surface area contributed by atoms with Crippen molar-refractivity contribution in [2.24, 2.45) is 17.6 Å². The summed E-state index contributed by atoms with van der Waals surface area (Å²) in [6, 6.07) is -5.03. The number of Topliss-reactive ketones (excluding diaryl/α,β-unsaturated/α-hetero) is 1. The lowest BCUT2D eigenvalue weighted by molar-refractivity contribution is -0.147. The van der Waals surface area contributed by atoms with E-state index in [0.29, 0.717) is 18.3 Å². The maximum absolute atomic E-state index is 14.3. The molecule has 3 aliphatic rings. The van der Waals surface area contributed by atoms with Gasteiger partial charge in [-0.3, -0.25) is 38.4 Å². The van der Waals surface area contributed by atoms with E-state index in [1.54, 1.807) is 0 Å². The van der Waals surface area contributed by atoms with Crippen LogP contribution in [0.5, 0.6) is 5.75 Å². The van der Waals surface area contributed by atoms with Crippen LogP contribution < -0.4 is 32.3 Å². The van der Waals surface area contributed by atoms with Crippen LogP contribution in [0, 0.1) is 11.8 Å². The highest BCUT2D eigenvalue weighted by Gasteiger charge is 2.47. The van der Waals surface area contributed by atoms with E-state index in [1.807, 2.05) is 0 Å². The molecule has 0 saturated carbocycles. The Bertz CT molecular complexity index is 1990. The number of nitrogens with two attached hydrogens (primary N) is 1. The minimum atomic E-state index is -1.87. The number of nitrogens with one attached hydrogen (secondary N) is 5. The number of phenolic OH excluding ortho intramolecular Hbond substituents is 1. The fourth-order valence-electron chi connectivity index (χ4n) is 9.60. The lowest BCUT2D eigenvalue weighted by atomic mass is 9.91. The zero-order chi connectivity index (χ0) is 53.2. The van der Waals surface area contributed by atoms with E-state index in [1.165, 1.54) is 37.6 Å². The normalized spacial score (nSPS) is 27.3. The number of rotatable bonds is 20. The van der Waals surface area contributed by atoms with E-state index >= 15 is 0 Å². The number of ketones is 1. The number of β-amino-alcohol motifs (C(OH)–C–C–N with tert-alkyl or cyclic N) is 1. The molecule has 13 unspecified atom stereocenters. The van der Waals surface area contributed by atoms with Gasteiger partial charge in [0.1, 0.15) is 36.0 Å². The largest absolute Gasteiger partial charge is 0.508 e. The number of unbranched alkanes of at least 4 members (excludes halogenated alkanes) is 5. The van der Waals surface area contributed by atoms with Crippen molar-refractivity contribution < 1.29 is 69.0 Å². The van der Waals surface area contributed by atoms with Crippen LogP contribution in [0.3, 0.4) is 0 Å². The number of amides is 7. The lowest BCUT2D eigenvalue weighted by Crippen LogP contribution is -2.62. The second kappa shape index (κ2) is 28.8. The van der Waals surface area contributed by atoms with Crippen LogP contribution in [0.15, 0.2) is 24.3 Å². The molecule has 3 aliphatic heterocycles. The Labute approximate surface area is 421 Å². The van der Waals surface area contributed by atoms with Crippen molar-refractivity contribution in [3.63, 3.8) is 0 Å². The third kappa shape index (κ3) is 17.5. The second-order valence-corrected chi connectivity index (χ2v) is 20.1. The van der Waals surface area contributed by atoms with Crippen LogP contribution in [-0.2, 0) is 38.4 Å². The van der Waals surface area contributed by atoms with Crippen LogP contribution in [0.1, 0.15) is 136 Å². The average Bonchev–Trinajstić information content (AvgIpc) is 3.93. The summed E-state index contributed by atoms with van der Waals surface area (Å²) in [5, 5.41) is 77.7. The first-order valence-electron chi connectivity index (χ1n) is 25.7. The molecular formula is C50H80N8O14. The van der Waals surface area contributed by atoms with Crippen molar-refractivity contribution in [3.8, 4) is 5.75 Å². The maximum Gasteiger partial charge on any atom is 0.250 e. The number of carbonyl (C=O) groups excluding carboxylic acids is 8. The first kappa shape index (κ1) is 59.3. The molecule has 72 heavy (non-hydrogen) atoms. The molecule has 3 fully saturated rings. The highest BCUT2D eigenvalue weighted by molar-refractivity contribution is 6.10. The SMILES string of the molecule is CCC(C)CC(C)CCCCCCCCC(=O)NC1CC(O)CNC(=O)C2C(=O)CCN2C(=O)C(C(O)CCN)NC(=O)C(CC(O)c2ccc(O)cc2)NC(=O)C2CC(O)CN2C(=O)C(C(C)O)NC1=O. The van der Waals surface area contributed by atoms with Crippen LogP contribution in [0.25, 0.3) is 0 Å². The molecule has 13 atom stereocenters. The fourth-order valence-corrected chi connectivity index (χ4v) is 9.60. The van der Waals surface area contributed by atoms with E-state index < -0.39 is 140 Å². The van der Waals surface area contributed by atoms with Gasteiger partial charge in [-0.15, -0.1) is 0 Å². The molecule has 0 aliphatic carbocycles. The Morgan fingerprint density at radius 2 is 1.40 bits per heavy atom. The van der Waals surface area contributed by atoms with Gasteiger partial charge in [0.15, 0.2) is 11.8 Å². The van der Waals surface area contributed by atoms with E-state index in [2.05, 4.69) is 47.4 Å². The van der Waals surface area contributed by atoms with Gasteiger partial charge in [-0.05, 0) is 62.3 Å². The van der Waals surface area contributed by atoms with Gasteiger partial charge in [-0.25, -0.2) is 0 Å². The quantitative estimate of drug-likeness (QED) is 0.0554. The molecule has 7 amide bonds. The highest BCUT2D eigenvalue weighted by Crippen LogP contribution is 2.26. The van der Waals surface area contributed by atoms with Crippen molar-refractivity contribution in [3.05, 3.63) is 29.8 Å². The number of benzene rings is 1. The fraction of sp³-hybridized carbons (Fsp3) is 0.720. The van der Waals surface area contributed by atoms with Gasteiger partial charge in [0.2, 0.25) is 35.4 Å². The van der Waals surface area contributed by atoms with Crippen molar-refractivity contribution >= 4 is 47.1 Å². The van der Waals surface area contributed by atoms with Crippen LogP contribution in [0.2, 0.25) is 0 Å². The van der Waals surface area contributed by atoms with E-state index in [4.69, 9.17) is 5.73 Å². The molecule has 0 aromatic heterocycles. The molecule has 22 heteroatoms. The summed E-state index contributed by atoms with van der Waals surface area (Å²) >= 11 is 0. The summed E-state index contributed by atoms with van der Waals surface area (Å²) in [5.41, 5.74) is 5.91. The standard InChI is InChI=1S/C50H80N8O14/c1-5-28(2)22-29(3)12-10-8-6-7-9-11-13-41(66)53-35-23-33(61)26-52-48(70)44-39(64)19-21-57(44)50(72)43(38(63)18-20-51)56-46(68)36(25-40(65)31-14-16-32(60)17-15-31)54-47(69)37-24-34(62)27-58(37)49(71)42(30(4)59)55-45(35)67/h14-17,28-30,33-38,40,42-44,59-63,65H,5-13,18-27,51H2,1-4H3,(H,52,70)(H,53,66)(H,54,69)(H,55,67)(H,56,68). The summed E-state index contributed by atoms with van der Waals surface area (Å²) in [5.74, 6) is -6.37. The van der Waals surface area contributed by atoms with Gasteiger partial charge >= 0.3 is 0 Å². The van der Waals surface area contributed by atoms with Gasteiger partial charge in [0, 0.05) is 51.7 Å². The summed E-state index contributed by atoms with van der Waals surface area (Å²) in [7, 11) is 0. The number of aliphatic hydroxyl groups is 5. The summed E-state index contributed by atoms with van der Waals surface area (Å²) in [6.45, 7) is 6.39. The summed E-state index contributed by atoms with van der Waals surface area (Å²) in [6.07, 6.45) is -0.921. The molecule has 3 saturated heterocycles. The summed E-state index contributed by atoms with van der Waals surface area (Å²) < 4.78 is 0. The number of aliphatic hydroxyl groups excluding tert-OH is 5. The smallest absolute Gasteiger partial charge is 0.250 e. The van der Waals surface area contributed by atoms with Gasteiger partial charge < -0.3 is 72.8 Å². The minimum Gasteiger partial charge on any atom is -0.508 e. The second-order valence-electron chi connectivity index (χ2n) is 20.1. The highest BCUT2D eigenvalue weighted by atomic mass is 16.3. The Hall–Kier alpha value is -5.26. The van der Waals surface area contributed by atoms with Crippen LogP contribution >= 0.6 is 0 Å².